The molecule has 2 heterocycles. The average molecular weight is 332 g/mol. The second kappa shape index (κ2) is 4.03. The van der Waals surface area contributed by atoms with Gasteiger partial charge in [-0.05, 0) is 0 Å². The molecule has 0 saturated carbocycles. The Bertz CT molecular complexity index is 483. The number of rotatable bonds is 1. The highest BCUT2D eigenvalue weighted by atomic mass is 127. The van der Waals surface area contributed by atoms with E-state index in [1.807, 2.05) is 18.5 Å². The summed E-state index contributed by atoms with van der Waals surface area (Å²) in [4.78, 5) is 9.86. The third-order valence-electron chi connectivity index (χ3n) is 2.33. The van der Waals surface area contributed by atoms with Crippen LogP contribution in [0.3, 0.4) is 0 Å². The van der Waals surface area contributed by atoms with Crippen LogP contribution in [0.4, 0.5) is 0 Å². The molecule has 1 N–H and O–H groups in total. The fourth-order valence-electron chi connectivity index (χ4n) is 1.55. The minimum absolute atomic E-state index is 0. The van der Waals surface area contributed by atoms with Gasteiger partial charge >= 0.3 is 0 Å². The Labute approximate surface area is 107 Å². The Morgan fingerprint density at radius 2 is 2.13 bits per heavy atom. The molecule has 0 bridgehead atoms. The highest BCUT2D eigenvalue weighted by molar-refractivity contribution is 14.1. The van der Waals surface area contributed by atoms with E-state index in [2.05, 4.69) is 44.7 Å². The van der Waals surface area contributed by atoms with Gasteiger partial charge in [0.2, 0.25) is 0 Å². The van der Waals surface area contributed by atoms with Crippen molar-refractivity contribution in [1.29, 1.82) is 0 Å². The monoisotopic (exact) mass is 331 g/mol. The molecule has 1 unspecified atom stereocenters. The van der Waals surface area contributed by atoms with Gasteiger partial charge in [0.1, 0.15) is 11.9 Å². The molecule has 3 aliphatic rings. The molecule has 2 aliphatic heterocycles. The minimum atomic E-state index is 0. The summed E-state index contributed by atoms with van der Waals surface area (Å²) >= 11 is 2.26. The molecule has 1 atom stereocenters. The summed E-state index contributed by atoms with van der Waals surface area (Å²) in [5.41, 5.74) is 3.40. The SMILES string of the molecule is IC1=NC(C2=CC=C2)=C2C=NC=C[NH+]12.[Cl-]. The number of nitrogens with zero attached hydrogens (tertiary/aromatic N) is 2. The summed E-state index contributed by atoms with van der Waals surface area (Å²) in [6.07, 6.45) is 11.9. The van der Waals surface area contributed by atoms with Crippen LogP contribution in [-0.2, 0) is 0 Å². The second-order valence-corrected chi connectivity index (χ2v) is 4.18. The lowest BCUT2D eigenvalue weighted by molar-refractivity contribution is -0.684. The number of nitrogens with one attached hydrogen (secondary N) is 1. The zero-order chi connectivity index (χ0) is 9.54. The molecule has 0 aromatic carbocycles. The molecule has 15 heavy (non-hydrogen) atoms. The van der Waals surface area contributed by atoms with E-state index in [1.54, 1.807) is 6.20 Å². The maximum atomic E-state index is 4.54. The molecule has 76 valence electrons. The molecular formula is C10H7ClIN3. The number of halogens is 2. The standard InChI is InChI=1S/C10H6IN3.ClH/c11-10-13-9(7-2-1-3-7)8-6-12-4-5-14(8)10;/h1-6H;1H. The van der Waals surface area contributed by atoms with Crippen LogP contribution >= 0.6 is 22.6 Å². The fraction of sp³-hybridized carbons (Fsp3) is 0. The van der Waals surface area contributed by atoms with Crippen molar-refractivity contribution < 1.29 is 17.3 Å². The lowest BCUT2D eigenvalue weighted by Gasteiger charge is -2.10. The van der Waals surface area contributed by atoms with Gasteiger partial charge in [0.15, 0.2) is 5.70 Å². The lowest BCUT2D eigenvalue weighted by atomic mass is 10.0. The van der Waals surface area contributed by atoms with E-state index in [0.717, 1.165) is 15.2 Å². The molecule has 0 radical (unpaired) electrons. The number of amidine groups is 1. The normalized spacial score (nSPS) is 25.5. The van der Waals surface area contributed by atoms with Crippen molar-refractivity contribution in [2.75, 3.05) is 0 Å². The molecule has 0 fully saturated rings. The van der Waals surface area contributed by atoms with E-state index in [0.29, 0.717) is 0 Å². The molecule has 3 rings (SSSR count). The number of fused-ring (bicyclic) bond motifs is 1. The number of aliphatic imine (C=N–C) groups is 2. The summed E-state index contributed by atoms with van der Waals surface area (Å²) in [6.45, 7) is 0. The Hall–Kier alpha value is -0.720. The van der Waals surface area contributed by atoms with Crippen molar-refractivity contribution in [3.05, 3.63) is 47.6 Å². The summed E-state index contributed by atoms with van der Waals surface area (Å²) < 4.78 is 1.05. The molecular weight excluding hydrogens is 324 g/mol. The van der Waals surface area contributed by atoms with Gasteiger partial charge < -0.3 is 12.4 Å². The highest BCUT2D eigenvalue weighted by Gasteiger charge is 2.31. The predicted octanol–water partition coefficient (Wildman–Crippen LogP) is -2.06. The van der Waals surface area contributed by atoms with Crippen LogP contribution in [0.1, 0.15) is 0 Å². The van der Waals surface area contributed by atoms with Crippen LogP contribution in [0.15, 0.2) is 57.6 Å². The summed E-state index contributed by atoms with van der Waals surface area (Å²) in [7, 11) is 0. The third-order valence-corrected chi connectivity index (χ3v) is 3.16. The van der Waals surface area contributed by atoms with Gasteiger partial charge in [0.05, 0.1) is 35.0 Å². The minimum Gasteiger partial charge on any atom is -1.00 e. The van der Waals surface area contributed by atoms with Gasteiger partial charge in [-0.25, -0.2) is 4.90 Å². The van der Waals surface area contributed by atoms with E-state index >= 15 is 0 Å². The largest absolute Gasteiger partial charge is 1.00 e. The highest BCUT2D eigenvalue weighted by Crippen LogP contribution is 2.24. The van der Waals surface area contributed by atoms with E-state index in [4.69, 9.17) is 0 Å². The van der Waals surface area contributed by atoms with Crippen LogP contribution < -0.4 is 17.3 Å². The molecule has 5 heteroatoms. The van der Waals surface area contributed by atoms with Crippen molar-refractivity contribution in [1.82, 2.24) is 0 Å². The van der Waals surface area contributed by atoms with Crippen LogP contribution in [0.2, 0.25) is 0 Å². The van der Waals surface area contributed by atoms with Crippen LogP contribution in [0.25, 0.3) is 0 Å². The van der Waals surface area contributed by atoms with Gasteiger partial charge in [0.25, 0.3) is 3.84 Å². The van der Waals surface area contributed by atoms with Crippen LogP contribution in [0.5, 0.6) is 0 Å². The lowest BCUT2D eigenvalue weighted by Crippen LogP contribution is -3.07. The van der Waals surface area contributed by atoms with Gasteiger partial charge in [-0.15, -0.1) is 0 Å². The number of quaternary nitrogens is 1. The smallest absolute Gasteiger partial charge is 0.272 e. The summed E-state index contributed by atoms with van der Waals surface area (Å²) in [5, 5.41) is 0. The molecule has 0 aromatic heterocycles. The quantitative estimate of drug-likeness (QED) is 0.423. The zero-order valence-corrected chi connectivity index (χ0v) is 10.5. The first-order valence-electron chi connectivity index (χ1n) is 4.31. The maximum absolute atomic E-state index is 4.54. The molecule has 0 amide bonds. The summed E-state index contributed by atoms with van der Waals surface area (Å²) in [5.74, 6) is 0. The molecule has 0 spiro atoms. The van der Waals surface area contributed by atoms with Gasteiger partial charge in [-0.3, -0.25) is 4.99 Å². The Morgan fingerprint density at radius 1 is 1.33 bits per heavy atom. The topological polar surface area (TPSA) is 29.2 Å². The maximum Gasteiger partial charge on any atom is 0.272 e. The Balaban J connectivity index is 0.000000853. The van der Waals surface area contributed by atoms with Crippen LogP contribution in [-0.4, -0.2) is 10.1 Å². The molecule has 3 nitrogen and oxygen atoms in total. The van der Waals surface area contributed by atoms with Gasteiger partial charge in [-0.1, -0.05) is 18.2 Å². The van der Waals surface area contributed by atoms with Crippen molar-refractivity contribution >= 4 is 32.6 Å². The number of hydrogen-bond acceptors (Lipinski definition) is 2. The first-order chi connectivity index (χ1) is 6.86. The predicted molar refractivity (Wildman–Crippen MR) is 64.3 cm³/mol. The zero-order valence-electron chi connectivity index (χ0n) is 7.61. The average Bonchev–Trinajstić information content (AvgIpc) is 2.43. The number of hydrogen-bond donors (Lipinski definition) is 1. The van der Waals surface area contributed by atoms with E-state index in [9.17, 15) is 0 Å². The molecule has 1 aliphatic carbocycles. The molecule has 0 saturated heterocycles. The summed E-state index contributed by atoms with van der Waals surface area (Å²) in [6, 6.07) is 0. The molecule has 0 aromatic rings. The second-order valence-electron chi connectivity index (χ2n) is 3.15. The third kappa shape index (κ3) is 1.62. The fourth-order valence-corrected chi connectivity index (χ4v) is 2.26. The van der Waals surface area contributed by atoms with Crippen molar-refractivity contribution in [3.8, 4) is 0 Å². The van der Waals surface area contributed by atoms with Gasteiger partial charge in [-0.2, -0.15) is 4.99 Å². The Kier molecular flexibility index (Phi) is 2.90. The van der Waals surface area contributed by atoms with E-state index < -0.39 is 0 Å². The van der Waals surface area contributed by atoms with Crippen molar-refractivity contribution in [3.63, 3.8) is 0 Å². The van der Waals surface area contributed by atoms with Crippen molar-refractivity contribution in [2.24, 2.45) is 9.98 Å². The Morgan fingerprint density at radius 3 is 2.80 bits per heavy atom. The van der Waals surface area contributed by atoms with E-state index in [-0.39, 0.29) is 12.4 Å². The van der Waals surface area contributed by atoms with E-state index in [1.165, 1.54) is 10.5 Å². The van der Waals surface area contributed by atoms with Crippen LogP contribution in [0, 0.1) is 0 Å². The van der Waals surface area contributed by atoms with Gasteiger partial charge in [0, 0.05) is 5.57 Å². The number of allylic oxidation sites excluding steroid dienone is 4. The first kappa shape index (κ1) is 10.8. The first-order valence-corrected chi connectivity index (χ1v) is 5.39. The van der Waals surface area contributed by atoms with Crippen molar-refractivity contribution in [2.45, 2.75) is 0 Å².